The lowest BCUT2D eigenvalue weighted by molar-refractivity contribution is -0.119. The molecule has 188 valence electrons. The molecule has 1 aromatic heterocycles. The van der Waals surface area contributed by atoms with Crippen molar-refractivity contribution < 1.29 is 32.7 Å². The summed E-state index contributed by atoms with van der Waals surface area (Å²) in [7, 11) is 0. The number of urea groups is 1. The van der Waals surface area contributed by atoms with E-state index in [0.29, 0.717) is 5.69 Å². The van der Waals surface area contributed by atoms with Crippen LogP contribution in [0.2, 0.25) is 0 Å². The SMILES string of the molecule is CC(=O)NC[C@H]1CN(c2cc(F)c(N3CCON(C(=O)NCc4cn[nH]n4)CC3)c(F)c2)C(=O)O1. The second-order valence-corrected chi connectivity index (χ2v) is 7.85. The van der Waals surface area contributed by atoms with E-state index in [1.54, 1.807) is 0 Å². The molecule has 35 heavy (non-hydrogen) atoms. The summed E-state index contributed by atoms with van der Waals surface area (Å²) in [5, 5.41) is 16.2. The van der Waals surface area contributed by atoms with Gasteiger partial charge in [-0.15, -0.1) is 0 Å². The van der Waals surface area contributed by atoms with E-state index in [1.807, 2.05) is 0 Å². The van der Waals surface area contributed by atoms with Crippen LogP contribution in [0.4, 0.5) is 29.7 Å². The number of H-pyrrole nitrogens is 1. The van der Waals surface area contributed by atoms with E-state index in [9.17, 15) is 14.4 Å². The molecule has 0 unspecified atom stereocenters. The Morgan fingerprint density at radius 3 is 2.66 bits per heavy atom. The van der Waals surface area contributed by atoms with Gasteiger partial charge in [-0.25, -0.2) is 23.4 Å². The summed E-state index contributed by atoms with van der Waals surface area (Å²) < 4.78 is 35.2. The second-order valence-electron chi connectivity index (χ2n) is 7.85. The molecule has 0 radical (unpaired) electrons. The predicted octanol–water partition coefficient (Wildman–Crippen LogP) is 0.508. The molecule has 4 amide bonds. The second kappa shape index (κ2) is 10.5. The Kier molecular flexibility index (Phi) is 7.24. The summed E-state index contributed by atoms with van der Waals surface area (Å²) in [6.45, 7) is 1.89. The summed E-state index contributed by atoms with van der Waals surface area (Å²) in [6, 6.07) is 1.58. The number of hydrogen-bond acceptors (Lipinski definition) is 8. The van der Waals surface area contributed by atoms with Crippen molar-refractivity contribution >= 4 is 29.4 Å². The molecule has 3 heterocycles. The van der Waals surface area contributed by atoms with Gasteiger partial charge in [0.05, 0.1) is 44.7 Å². The Morgan fingerprint density at radius 1 is 1.20 bits per heavy atom. The highest BCUT2D eigenvalue weighted by Crippen LogP contribution is 2.31. The first-order valence-corrected chi connectivity index (χ1v) is 10.8. The minimum Gasteiger partial charge on any atom is -0.442 e. The van der Waals surface area contributed by atoms with E-state index < -0.39 is 29.9 Å². The van der Waals surface area contributed by atoms with Crippen molar-refractivity contribution in [3.63, 3.8) is 0 Å². The lowest BCUT2D eigenvalue weighted by Crippen LogP contribution is -2.41. The highest BCUT2D eigenvalue weighted by molar-refractivity contribution is 5.90. The number of benzene rings is 1. The third-order valence-corrected chi connectivity index (χ3v) is 5.38. The Morgan fingerprint density at radius 2 is 1.97 bits per heavy atom. The van der Waals surface area contributed by atoms with Crippen molar-refractivity contribution in [2.75, 3.05) is 49.1 Å². The molecular formula is C20H24F2N8O5. The number of amides is 4. The van der Waals surface area contributed by atoms with Gasteiger partial charge in [0.15, 0.2) is 11.6 Å². The number of carbonyl (C=O) groups excluding carboxylic acids is 3. The molecule has 2 aromatic rings. The lowest BCUT2D eigenvalue weighted by atomic mass is 10.2. The number of ether oxygens (including phenoxy) is 1. The molecule has 0 spiro atoms. The number of halogens is 2. The molecule has 4 rings (SSSR count). The molecule has 2 aliphatic rings. The van der Waals surface area contributed by atoms with Crippen molar-refractivity contribution in [3.8, 4) is 0 Å². The zero-order valence-electron chi connectivity index (χ0n) is 18.8. The number of anilines is 2. The number of hydroxylamine groups is 2. The number of hydrogen-bond donors (Lipinski definition) is 3. The van der Waals surface area contributed by atoms with E-state index in [2.05, 4.69) is 26.0 Å². The van der Waals surface area contributed by atoms with Crippen LogP contribution < -0.4 is 20.4 Å². The molecule has 2 fully saturated rings. The number of rotatable bonds is 6. The standard InChI is InChI=1S/C20H24F2N8O5/c1-12(31)23-10-15-11-29(20(33)35-15)14-6-16(21)18(17(22)7-14)28-2-3-30(34-5-4-28)19(32)24-8-13-9-25-27-26-13/h6-7,9,15H,2-5,8,10-11H2,1H3,(H,23,31)(H,24,32)(H,25,26,27)/t15-/m0/s1. The molecule has 0 aliphatic carbocycles. The van der Waals surface area contributed by atoms with Crippen molar-refractivity contribution in [2.24, 2.45) is 0 Å². The van der Waals surface area contributed by atoms with Gasteiger partial charge >= 0.3 is 12.1 Å². The number of nitrogens with zero attached hydrogens (tertiary/aromatic N) is 5. The van der Waals surface area contributed by atoms with E-state index in [0.717, 1.165) is 22.1 Å². The molecule has 3 N–H and O–H groups in total. The third-order valence-electron chi connectivity index (χ3n) is 5.38. The number of carbonyl (C=O) groups is 3. The van der Waals surface area contributed by atoms with Crippen LogP contribution in [0.5, 0.6) is 0 Å². The fourth-order valence-corrected chi connectivity index (χ4v) is 3.70. The smallest absolute Gasteiger partial charge is 0.414 e. The maximum Gasteiger partial charge on any atom is 0.414 e. The minimum absolute atomic E-state index is 0.000919. The average Bonchev–Trinajstić information content (AvgIpc) is 3.39. The molecule has 1 atom stereocenters. The topological polar surface area (TPSA) is 145 Å². The molecule has 0 saturated carbocycles. The summed E-state index contributed by atoms with van der Waals surface area (Å²) in [4.78, 5) is 43.6. The normalized spacial score (nSPS) is 18.3. The maximum atomic E-state index is 15.0. The van der Waals surface area contributed by atoms with Crippen LogP contribution in [0.15, 0.2) is 18.3 Å². The van der Waals surface area contributed by atoms with Gasteiger partial charge in [-0.2, -0.15) is 15.4 Å². The highest BCUT2D eigenvalue weighted by Gasteiger charge is 2.34. The number of nitrogens with one attached hydrogen (secondary N) is 3. The quantitative estimate of drug-likeness (QED) is 0.527. The van der Waals surface area contributed by atoms with Crippen LogP contribution in [-0.4, -0.2) is 83.9 Å². The zero-order chi connectivity index (χ0) is 24.9. The van der Waals surface area contributed by atoms with Gasteiger partial charge < -0.3 is 20.3 Å². The first-order chi connectivity index (χ1) is 16.8. The Hall–Kier alpha value is -4.01. The van der Waals surface area contributed by atoms with Crippen LogP contribution in [0.25, 0.3) is 0 Å². The summed E-state index contributed by atoms with van der Waals surface area (Å²) >= 11 is 0. The largest absolute Gasteiger partial charge is 0.442 e. The van der Waals surface area contributed by atoms with E-state index in [1.165, 1.54) is 18.0 Å². The van der Waals surface area contributed by atoms with Gasteiger partial charge in [0.2, 0.25) is 5.91 Å². The molecular weight excluding hydrogens is 470 g/mol. The summed E-state index contributed by atoms with van der Waals surface area (Å²) in [6.07, 6.45) is 0.0645. The van der Waals surface area contributed by atoms with Crippen LogP contribution in [-0.2, 0) is 20.9 Å². The van der Waals surface area contributed by atoms with Crippen LogP contribution in [0, 0.1) is 11.6 Å². The van der Waals surface area contributed by atoms with Gasteiger partial charge in [-0.05, 0) is 0 Å². The van der Waals surface area contributed by atoms with Crippen LogP contribution in [0.3, 0.4) is 0 Å². The molecule has 13 nitrogen and oxygen atoms in total. The monoisotopic (exact) mass is 494 g/mol. The van der Waals surface area contributed by atoms with Gasteiger partial charge in [0.1, 0.15) is 17.5 Å². The summed E-state index contributed by atoms with van der Waals surface area (Å²) in [5.74, 6) is -2.03. The summed E-state index contributed by atoms with van der Waals surface area (Å²) in [5.41, 5.74) is 0.242. The molecule has 2 aliphatic heterocycles. The molecule has 1 aromatic carbocycles. The molecule has 2 saturated heterocycles. The predicted molar refractivity (Wildman–Crippen MR) is 116 cm³/mol. The third kappa shape index (κ3) is 5.74. The van der Waals surface area contributed by atoms with Crippen LogP contribution in [0.1, 0.15) is 12.6 Å². The van der Waals surface area contributed by atoms with Crippen LogP contribution >= 0.6 is 0 Å². The average molecular weight is 494 g/mol. The van der Waals surface area contributed by atoms with Gasteiger partial charge in [-0.3, -0.25) is 14.5 Å². The highest BCUT2D eigenvalue weighted by atomic mass is 19.1. The van der Waals surface area contributed by atoms with E-state index in [4.69, 9.17) is 9.57 Å². The number of aromatic amines is 1. The molecule has 0 bridgehead atoms. The van der Waals surface area contributed by atoms with E-state index >= 15 is 8.78 Å². The lowest BCUT2D eigenvalue weighted by Gasteiger charge is -2.24. The number of aromatic nitrogens is 3. The van der Waals surface area contributed by atoms with Gasteiger partial charge in [0.25, 0.3) is 0 Å². The zero-order valence-corrected chi connectivity index (χ0v) is 18.8. The van der Waals surface area contributed by atoms with Gasteiger partial charge in [0, 0.05) is 32.1 Å². The fourth-order valence-electron chi connectivity index (χ4n) is 3.70. The Labute approximate surface area is 198 Å². The molecule has 15 heteroatoms. The maximum absolute atomic E-state index is 15.0. The Balaban J connectivity index is 1.39. The van der Waals surface area contributed by atoms with Crippen molar-refractivity contribution in [1.29, 1.82) is 0 Å². The van der Waals surface area contributed by atoms with Crippen molar-refractivity contribution in [2.45, 2.75) is 19.6 Å². The first kappa shape index (κ1) is 24.1. The van der Waals surface area contributed by atoms with E-state index in [-0.39, 0.29) is 63.2 Å². The Bertz CT molecular complexity index is 1060. The van der Waals surface area contributed by atoms with Gasteiger partial charge in [-0.1, -0.05) is 0 Å². The first-order valence-electron chi connectivity index (χ1n) is 10.8. The minimum atomic E-state index is -0.873. The van der Waals surface area contributed by atoms with Crippen molar-refractivity contribution in [1.82, 2.24) is 31.1 Å². The van der Waals surface area contributed by atoms with Crippen molar-refractivity contribution in [3.05, 3.63) is 35.7 Å². The number of cyclic esters (lactones) is 1. The fraction of sp³-hybridized carbons (Fsp3) is 0.450.